The third kappa shape index (κ3) is 5.65. The van der Waals surface area contributed by atoms with Crippen LogP contribution in [-0.4, -0.2) is 76.8 Å². The smallest absolute Gasteiger partial charge is 0.410 e. The Balaban J connectivity index is 1.50. The van der Waals surface area contributed by atoms with Crippen molar-refractivity contribution in [2.24, 2.45) is 0 Å². The number of likely N-dealkylation sites (tertiary alicyclic amines) is 1. The Hall–Kier alpha value is -2.28. The second-order valence-corrected chi connectivity index (χ2v) is 9.47. The first kappa shape index (κ1) is 22.4. The SMILES string of the molecule is C[C@@H]1CN([C@@H]2CCN(C(=O)OCc3ccccc3)C2)C[C@H](C)N1C(=O)OC(C)(C)C. The van der Waals surface area contributed by atoms with Crippen molar-refractivity contribution in [2.75, 3.05) is 26.2 Å². The highest BCUT2D eigenvalue weighted by Gasteiger charge is 2.40. The topological polar surface area (TPSA) is 62.3 Å². The Morgan fingerprint density at radius 1 is 1.00 bits per heavy atom. The summed E-state index contributed by atoms with van der Waals surface area (Å²) in [6.45, 7) is 13.0. The van der Waals surface area contributed by atoms with E-state index in [9.17, 15) is 9.59 Å². The maximum atomic E-state index is 12.6. The van der Waals surface area contributed by atoms with Crippen molar-refractivity contribution in [1.82, 2.24) is 14.7 Å². The molecule has 2 heterocycles. The lowest BCUT2D eigenvalue weighted by Crippen LogP contribution is -2.61. The zero-order valence-corrected chi connectivity index (χ0v) is 18.8. The average molecular weight is 418 g/mol. The first-order valence-corrected chi connectivity index (χ1v) is 10.8. The van der Waals surface area contributed by atoms with Gasteiger partial charge in [-0.1, -0.05) is 30.3 Å². The van der Waals surface area contributed by atoms with Crippen LogP contribution in [0.3, 0.4) is 0 Å². The van der Waals surface area contributed by atoms with E-state index in [-0.39, 0.29) is 24.3 Å². The summed E-state index contributed by atoms with van der Waals surface area (Å²) in [5.41, 5.74) is 0.488. The molecule has 0 unspecified atom stereocenters. The minimum atomic E-state index is -0.500. The van der Waals surface area contributed by atoms with E-state index in [0.717, 1.165) is 25.1 Å². The molecule has 0 N–H and O–H groups in total. The van der Waals surface area contributed by atoms with E-state index < -0.39 is 5.60 Å². The van der Waals surface area contributed by atoms with Gasteiger partial charge < -0.3 is 19.3 Å². The molecule has 30 heavy (non-hydrogen) atoms. The molecule has 2 saturated heterocycles. The molecule has 166 valence electrons. The molecule has 0 aliphatic carbocycles. The molecular formula is C23H35N3O4. The van der Waals surface area contributed by atoms with Crippen LogP contribution in [0.5, 0.6) is 0 Å². The standard InChI is InChI=1S/C23H35N3O4/c1-17-13-25(14-18(2)26(17)22(28)30-23(3,4)5)20-11-12-24(15-20)21(27)29-16-19-9-7-6-8-10-19/h6-10,17-18,20H,11-16H2,1-5H3/t17-,18+,20-/m1/s1. The summed E-state index contributed by atoms with van der Waals surface area (Å²) in [6.07, 6.45) is 0.418. The van der Waals surface area contributed by atoms with Crippen LogP contribution in [0.2, 0.25) is 0 Å². The normalized spacial score (nSPS) is 25.3. The van der Waals surface area contributed by atoms with E-state index >= 15 is 0 Å². The Labute approximate surface area is 179 Å². The summed E-state index contributed by atoms with van der Waals surface area (Å²) in [6, 6.07) is 10.1. The molecule has 3 atom stereocenters. The zero-order valence-electron chi connectivity index (χ0n) is 18.8. The van der Waals surface area contributed by atoms with Gasteiger partial charge >= 0.3 is 12.2 Å². The van der Waals surface area contributed by atoms with E-state index in [2.05, 4.69) is 18.7 Å². The van der Waals surface area contributed by atoms with Crippen molar-refractivity contribution in [2.45, 2.75) is 71.4 Å². The third-order valence-corrected chi connectivity index (χ3v) is 5.69. The largest absolute Gasteiger partial charge is 0.445 e. The Kier molecular flexibility index (Phi) is 6.91. The van der Waals surface area contributed by atoms with Crippen LogP contribution < -0.4 is 0 Å². The molecule has 1 aromatic rings. The second kappa shape index (κ2) is 9.25. The van der Waals surface area contributed by atoms with Crippen molar-refractivity contribution < 1.29 is 19.1 Å². The number of ether oxygens (including phenoxy) is 2. The predicted molar refractivity (Wildman–Crippen MR) is 115 cm³/mol. The molecule has 2 aliphatic rings. The zero-order chi connectivity index (χ0) is 21.9. The minimum Gasteiger partial charge on any atom is -0.445 e. The number of amides is 2. The van der Waals surface area contributed by atoms with Crippen LogP contribution in [0.15, 0.2) is 30.3 Å². The number of hydrogen-bond donors (Lipinski definition) is 0. The summed E-state index contributed by atoms with van der Waals surface area (Å²) in [7, 11) is 0. The molecule has 0 bridgehead atoms. The van der Waals surface area contributed by atoms with Crippen LogP contribution in [0.1, 0.15) is 46.6 Å². The molecule has 0 saturated carbocycles. The fourth-order valence-corrected chi connectivity index (χ4v) is 4.35. The summed E-state index contributed by atoms with van der Waals surface area (Å²) in [5, 5.41) is 0. The lowest BCUT2D eigenvalue weighted by molar-refractivity contribution is -0.0216. The van der Waals surface area contributed by atoms with Crippen molar-refractivity contribution in [1.29, 1.82) is 0 Å². The number of carbonyl (C=O) groups is 2. The number of benzene rings is 1. The molecule has 3 rings (SSSR count). The van der Waals surface area contributed by atoms with Gasteiger partial charge in [-0.15, -0.1) is 0 Å². The Morgan fingerprint density at radius 2 is 1.63 bits per heavy atom. The second-order valence-electron chi connectivity index (χ2n) is 9.47. The van der Waals surface area contributed by atoms with Crippen LogP contribution in [0.25, 0.3) is 0 Å². The fourth-order valence-electron chi connectivity index (χ4n) is 4.35. The van der Waals surface area contributed by atoms with E-state index in [4.69, 9.17) is 9.47 Å². The Morgan fingerprint density at radius 3 is 2.23 bits per heavy atom. The van der Waals surface area contributed by atoms with Gasteiger partial charge in [0.15, 0.2) is 0 Å². The number of rotatable bonds is 3. The predicted octanol–water partition coefficient (Wildman–Crippen LogP) is 3.73. The lowest BCUT2D eigenvalue weighted by Gasteiger charge is -2.46. The molecule has 0 spiro atoms. The van der Waals surface area contributed by atoms with Crippen molar-refractivity contribution in [3.63, 3.8) is 0 Å². The maximum Gasteiger partial charge on any atom is 0.410 e. The van der Waals surface area contributed by atoms with Crippen molar-refractivity contribution in [3.05, 3.63) is 35.9 Å². The average Bonchev–Trinajstić information content (AvgIpc) is 3.15. The molecule has 7 nitrogen and oxygen atoms in total. The van der Waals surface area contributed by atoms with Crippen molar-refractivity contribution >= 4 is 12.2 Å². The van der Waals surface area contributed by atoms with Crippen LogP contribution in [0, 0.1) is 0 Å². The monoisotopic (exact) mass is 417 g/mol. The van der Waals surface area contributed by atoms with Crippen LogP contribution in [0.4, 0.5) is 9.59 Å². The molecule has 2 fully saturated rings. The van der Waals surface area contributed by atoms with Crippen molar-refractivity contribution in [3.8, 4) is 0 Å². The fraction of sp³-hybridized carbons (Fsp3) is 0.652. The van der Waals surface area contributed by atoms with Crippen LogP contribution >= 0.6 is 0 Å². The summed E-state index contributed by atoms with van der Waals surface area (Å²) >= 11 is 0. The van der Waals surface area contributed by atoms with Gasteiger partial charge in [0.1, 0.15) is 12.2 Å². The van der Waals surface area contributed by atoms with Gasteiger partial charge in [-0.2, -0.15) is 0 Å². The van der Waals surface area contributed by atoms with E-state index in [1.54, 1.807) is 4.90 Å². The first-order chi connectivity index (χ1) is 14.1. The van der Waals surface area contributed by atoms with Gasteiger partial charge in [-0.05, 0) is 46.6 Å². The molecule has 1 aromatic carbocycles. The summed E-state index contributed by atoms with van der Waals surface area (Å²) in [4.78, 5) is 31.1. The summed E-state index contributed by atoms with van der Waals surface area (Å²) in [5.74, 6) is 0. The van der Waals surface area contributed by atoms with Crippen LogP contribution in [-0.2, 0) is 16.1 Å². The molecule has 0 aromatic heterocycles. The third-order valence-electron chi connectivity index (χ3n) is 5.69. The highest BCUT2D eigenvalue weighted by atomic mass is 16.6. The van der Waals surface area contributed by atoms with Gasteiger partial charge in [-0.25, -0.2) is 9.59 Å². The van der Waals surface area contributed by atoms with Gasteiger partial charge in [-0.3, -0.25) is 4.90 Å². The van der Waals surface area contributed by atoms with Gasteiger partial charge in [0.2, 0.25) is 0 Å². The van der Waals surface area contributed by atoms with E-state index in [1.165, 1.54) is 0 Å². The number of hydrogen-bond acceptors (Lipinski definition) is 5. The van der Waals surface area contributed by atoms with Gasteiger partial charge in [0, 0.05) is 44.3 Å². The highest BCUT2D eigenvalue weighted by Crippen LogP contribution is 2.25. The van der Waals surface area contributed by atoms with E-state index in [0.29, 0.717) is 25.7 Å². The highest BCUT2D eigenvalue weighted by molar-refractivity contribution is 5.69. The molecule has 0 radical (unpaired) electrons. The van der Waals surface area contributed by atoms with E-state index in [1.807, 2.05) is 56.0 Å². The number of carbonyl (C=O) groups excluding carboxylic acids is 2. The lowest BCUT2D eigenvalue weighted by atomic mass is 10.1. The van der Waals surface area contributed by atoms with Gasteiger partial charge in [0.25, 0.3) is 0 Å². The number of piperazine rings is 1. The molecule has 2 amide bonds. The summed E-state index contributed by atoms with van der Waals surface area (Å²) < 4.78 is 11.1. The molecule has 7 heteroatoms. The molecule has 2 aliphatic heterocycles. The number of nitrogens with zero attached hydrogens (tertiary/aromatic N) is 3. The maximum absolute atomic E-state index is 12.6. The minimum absolute atomic E-state index is 0.0580. The first-order valence-electron chi connectivity index (χ1n) is 10.8. The Bertz CT molecular complexity index is 722. The quantitative estimate of drug-likeness (QED) is 0.750. The molecular weight excluding hydrogens is 382 g/mol. The van der Waals surface area contributed by atoms with Gasteiger partial charge in [0.05, 0.1) is 0 Å².